The van der Waals surface area contributed by atoms with Crippen molar-refractivity contribution in [2.24, 2.45) is 5.10 Å². The molecule has 9 nitrogen and oxygen atoms in total. The lowest BCUT2D eigenvalue weighted by Gasteiger charge is -2.14. The number of carbonyl (C=O) groups excluding carboxylic acids is 3. The van der Waals surface area contributed by atoms with Crippen molar-refractivity contribution < 1.29 is 28.2 Å². The molecule has 0 bridgehead atoms. The number of rotatable bonds is 9. The molecule has 3 rings (SSSR count). The number of hydrogen-bond acceptors (Lipinski definition) is 6. The molecule has 0 spiro atoms. The van der Waals surface area contributed by atoms with E-state index in [1.807, 2.05) is 22.6 Å². The third kappa shape index (κ3) is 8.43. The molecule has 0 heterocycles. The first kappa shape index (κ1) is 27.9. The third-order valence-electron chi connectivity index (χ3n) is 4.50. The molecule has 0 aliphatic rings. The van der Waals surface area contributed by atoms with Crippen molar-refractivity contribution in [3.05, 3.63) is 80.6 Å². The van der Waals surface area contributed by atoms with Crippen LogP contribution in [-0.4, -0.2) is 37.1 Å². The number of ether oxygens (including phenoxy) is 2. The summed E-state index contributed by atoms with van der Waals surface area (Å²) in [4.78, 5) is 36.3. The molecule has 192 valence electrons. The van der Waals surface area contributed by atoms with Crippen LogP contribution in [0.25, 0.3) is 0 Å². The summed E-state index contributed by atoms with van der Waals surface area (Å²) in [6, 6.07) is 15.5. The van der Waals surface area contributed by atoms with E-state index < -0.39 is 17.6 Å². The van der Waals surface area contributed by atoms with Crippen LogP contribution >= 0.6 is 34.2 Å². The van der Waals surface area contributed by atoms with Crippen LogP contribution in [0.1, 0.15) is 12.5 Å². The fraction of sp³-hybridized carbons (Fsp3) is 0.120. The molecule has 0 aromatic heterocycles. The zero-order valence-electron chi connectivity index (χ0n) is 19.4. The van der Waals surface area contributed by atoms with Gasteiger partial charge in [-0.25, -0.2) is 9.82 Å². The highest BCUT2D eigenvalue weighted by molar-refractivity contribution is 14.1. The number of hydrogen-bond donors (Lipinski definition) is 3. The summed E-state index contributed by atoms with van der Waals surface area (Å²) in [5.41, 5.74) is 3.02. The van der Waals surface area contributed by atoms with E-state index in [9.17, 15) is 18.8 Å². The number of halogens is 3. The number of carbonyl (C=O) groups is 3. The van der Waals surface area contributed by atoms with Gasteiger partial charge in [0.15, 0.2) is 18.1 Å². The van der Waals surface area contributed by atoms with E-state index in [1.54, 1.807) is 43.3 Å². The molecule has 3 amide bonds. The van der Waals surface area contributed by atoms with E-state index in [1.165, 1.54) is 24.4 Å². The number of para-hydroxylation sites is 1. The third-order valence-corrected chi connectivity index (χ3v) is 5.53. The van der Waals surface area contributed by atoms with Crippen molar-refractivity contribution in [1.29, 1.82) is 0 Å². The summed E-state index contributed by atoms with van der Waals surface area (Å²) in [5, 5.41) is 9.12. The van der Waals surface area contributed by atoms with Crippen molar-refractivity contribution >= 4 is 69.5 Å². The maximum absolute atomic E-state index is 13.6. The quantitative estimate of drug-likeness (QED) is 0.137. The van der Waals surface area contributed by atoms with Crippen LogP contribution in [0.2, 0.25) is 5.02 Å². The fourth-order valence-corrected chi connectivity index (χ4v) is 3.90. The summed E-state index contributed by atoms with van der Waals surface area (Å²) < 4.78 is 25.6. The van der Waals surface area contributed by atoms with Gasteiger partial charge < -0.3 is 20.1 Å². The Morgan fingerprint density at radius 3 is 2.54 bits per heavy atom. The average molecular weight is 639 g/mol. The summed E-state index contributed by atoms with van der Waals surface area (Å²) in [5.74, 6) is -2.50. The smallest absolute Gasteiger partial charge is 0.329 e. The topological polar surface area (TPSA) is 118 Å². The second-order valence-corrected chi connectivity index (χ2v) is 8.84. The Morgan fingerprint density at radius 2 is 1.81 bits per heavy atom. The molecule has 0 fully saturated rings. The van der Waals surface area contributed by atoms with Crippen LogP contribution in [0.5, 0.6) is 11.5 Å². The summed E-state index contributed by atoms with van der Waals surface area (Å²) in [6.45, 7) is 1.84. The molecule has 0 saturated carbocycles. The van der Waals surface area contributed by atoms with Crippen LogP contribution in [0.15, 0.2) is 65.8 Å². The Hall–Kier alpha value is -3.71. The Labute approximate surface area is 230 Å². The first-order valence-corrected chi connectivity index (χ1v) is 12.3. The van der Waals surface area contributed by atoms with E-state index in [4.69, 9.17) is 21.1 Å². The zero-order chi connectivity index (χ0) is 26.8. The lowest BCUT2D eigenvalue weighted by atomic mass is 10.2. The van der Waals surface area contributed by atoms with E-state index in [0.29, 0.717) is 37.9 Å². The van der Waals surface area contributed by atoms with Gasteiger partial charge in [-0.3, -0.25) is 14.4 Å². The van der Waals surface area contributed by atoms with Gasteiger partial charge in [0.25, 0.3) is 5.91 Å². The van der Waals surface area contributed by atoms with Crippen LogP contribution in [-0.2, 0) is 14.4 Å². The van der Waals surface area contributed by atoms with Gasteiger partial charge in [-0.1, -0.05) is 29.8 Å². The van der Waals surface area contributed by atoms with Gasteiger partial charge in [0, 0.05) is 10.7 Å². The zero-order valence-corrected chi connectivity index (χ0v) is 22.3. The number of anilines is 2. The largest absolute Gasteiger partial charge is 0.490 e. The highest BCUT2D eigenvalue weighted by Crippen LogP contribution is 2.34. The van der Waals surface area contributed by atoms with E-state index in [0.717, 1.165) is 6.07 Å². The SMILES string of the molecule is CCOc1cc(/C=N\NC(=O)C(=O)Nc2ccccc2F)cc(I)c1OCC(=O)Nc1cccc(Cl)c1. The molecule has 12 heteroatoms. The van der Waals surface area contributed by atoms with Crippen LogP contribution < -0.4 is 25.5 Å². The number of nitrogens with one attached hydrogen (secondary N) is 3. The predicted octanol–water partition coefficient (Wildman–Crippen LogP) is 4.59. The van der Waals surface area contributed by atoms with Crippen molar-refractivity contribution in [2.45, 2.75) is 6.92 Å². The molecule has 0 saturated heterocycles. The van der Waals surface area contributed by atoms with Gasteiger partial charge in [-0.05, 0) is 77.5 Å². The molecule has 0 unspecified atom stereocenters. The van der Waals surface area contributed by atoms with Crippen molar-refractivity contribution in [3.8, 4) is 11.5 Å². The lowest BCUT2D eigenvalue weighted by Crippen LogP contribution is -2.32. The predicted molar refractivity (Wildman–Crippen MR) is 147 cm³/mol. The minimum Gasteiger partial charge on any atom is -0.490 e. The number of hydrazone groups is 1. The first-order chi connectivity index (χ1) is 17.8. The molecule has 0 aliphatic heterocycles. The monoisotopic (exact) mass is 638 g/mol. The molecule has 3 aromatic rings. The molecular weight excluding hydrogens is 618 g/mol. The van der Waals surface area contributed by atoms with Gasteiger partial charge in [0.2, 0.25) is 0 Å². The highest BCUT2D eigenvalue weighted by atomic mass is 127. The van der Waals surface area contributed by atoms with E-state index in [2.05, 4.69) is 21.2 Å². The number of amides is 3. The Bertz CT molecular complexity index is 1340. The van der Waals surface area contributed by atoms with Crippen molar-refractivity contribution in [3.63, 3.8) is 0 Å². The van der Waals surface area contributed by atoms with Crippen LogP contribution in [0.4, 0.5) is 15.8 Å². The first-order valence-electron chi connectivity index (χ1n) is 10.8. The Kier molecular flexibility index (Phi) is 10.2. The van der Waals surface area contributed by atoms with E-state index >= 15 is 0 Å². The van der Waals surface area contributed by atoms with Crippen LogP contribution in [0, 0.1) is 9.39 Å². The molecule has 0 aliphatic carbocycles. The van der Waals surface area contributed by atoms with Crippen molar-refractivity contribution in [2.75, 3.05) is 23.8 Å². The highest BCUT2D eigenvalue weighted by Gasteiger charge is 2.16. The molecule has 3 aromatic carbocycles. The second kappa shape index (κ2) is 13.6. The van der Waals surface area contributed by atoms with Gasteiger partial charge in [-0.2, -0.15) is 5.10 Å². The fourth-order valence-electron chi connectivity index (χ4n) is 2.92. The Morgan fingerprint density at radius 1 is 1.03 bits per heavy atom. The standard InChI is InChI=1S/C25H21ClFIN4O5/c1-2-36-21-11-15(13-29-32-25(35)24(34)31-20-9-4-3-8-18(20)27)10-19(28)23(21)37-14-22(33)30-17-7-5-6-16(26)12-17/h3-13H,2,14H2,1H3,(H,30,33)(H,31,34)(H,32,35)/b29-13-. The van der Waals surface area contributed by atoms with E-state index in [-0.39, 0.29) is 18.2 Å². The normalized spacial score (nSPS) is 10.6. The van der Waals surface area contributed by atoms with Crippen LogP contribution in [0.3, 0.4) is 0 Å². The Balaban J connectivity index is 1.62. The molecule has 0 radical (unpaired) electrons. The maximum Gasteiger partial charge on any atom is 0.329 e. The average Bonchev–Trinajstić information content (AvgIpc) is 2.85. The summed E-state index contributed by atoms with van der Waals surface area (Å²) in [7, 11) is 0. The van der Waals surface area contributed by atoms with Gasteiger partial charge in [-0.15, -0.1) is 0 Å². The van der Waals surface area contributed by atoms with Gasteiger partial charge in [0.05, 0.1) is 22.1 Å². The minimum atomic E-state index is -1.08. The minimum absolute atomic E-state index is 0.126. The number of nitrogens with zero attached hydrogens (tertiary/aromatic N) is 1. The summed E-state index contributed by atoms with van der Waals surface area (Å²) in [6.07, 6.45) is 1.30. The summed E-state index contributed by atoms with van der Waals surface area (Å²) >= 11 is 7.95. The van der Waals surface area contributed by atoms with Crippen molar-refractivity contribution in [1.82, 2.24) is 5.43 Å². The molecular formula is C25H21ClFIN4O5. The maximum atomic E-state index is 13.6. The second-order valence-electron chi connectivity index (χ2n) is 7.24. The van der Waals surface area contributed by atoms with Gasteiger partial charge >= 0.3 is 11.8 Å². The number of benzene rings is 3. The molecule has 0 atom stereocenters. The lowest BCUT2D eigenvalue weighted by molar-refractivity contribution is -0.136. The van der Waals surface area contributed by atoms with Gasteiger partial charge in [0.1, 0.15) is 5.82 Å². The molecule has 3 N–H and O–H groups in total. The molecule has 37 heavy (non-hydrogen) atoms.